The zero-order valence-corrected chi connectivity index (χ0v) is 14.4. The van der Waals surface area contributed by atoms with E-state index in [-0.39, 0.29) is 5.56 Å². The van der Waals surface area contributed by atoms with Crippen LogP contribution in [-0.2, 0) is 0 Å². The first-order chi connectivity index (χ1) is 12.8. The highest BCUT2D eigenvalue weighted by Crippen LogP contribution is 2.27. The van der Waals surface area contributed by atoms with Crippen molar-refractivity contribution in [3.8, 4) is 5.75 Å². The molecule has 3 rings (SSSR count). The smallest absolute Gasteiger partial charge is 0.405 e. The molecule has 0 unspecified atom stereocenters. The molecule has 0 N–H and O–H groups in total. The van der Waals surface area contributed by atoms with Crippen LogP contribution >= 0.6 is 0 Å². The molecule has 0 saturated carbocycles. The molecule has 1 heterocycles. The number of benzene rings is 2. The van der Waals surface area contributed by atoms with Gasteiger partial charge in [-0.1, -0.05) is 54.6 Å². The van der Waals surface area contributed by atoms with Crippen molar-refractivity contribution in [3.05, 3.63) is 89.2 Å². The summed E-state index contributed by atoms with van der Waals surface area (Å²) in [5.74, 6) is -1.11. The van der Waals surface area contributed by atoms with Crippen LogP contribution in [0.5, 0.6) is 5.75 Å². The van der Waals surface area contributed by atoms with Crippen molar-refractivity contribution < 1.29 is 22.7 Å². The molecule has 0 aliphatic heterocycles. The van der Waals surface area contributed by atoms with Gasteiger partial charge < -0.3 is 4.74 Å². The molecule has 0 aliphatic carbocycles. The standard InChI is InChI=1S/C21H16F3NO2/c1-15-17(12-11-16-7-3-2-4-8-16)13-14-25(15)20(26)18-9-5-6-10-19(18)27-21(22,23)24/h2-14H,1H3/b12-11+. The number of aromatic nitrogens is 1. The number of ether oxygens (including phenoxy) is 1. The fourth-order valence-electron chi connectivity index (χ4n) is 2.66. The van der Waals surface area contributed by atoms with E-state index in [9.17, 15) is 18.0 Å². The van der Waals surface area contributed by atoms with Crippen LogP contribution in [0.15, 0.2) is 66.9 Å². The predicted octanol–water partition coefficient (Wildman–Crippen LogP) is 5.55. The van der Waals surface area contributed by atoms with Crippen LogP contribution in [-0.4, -0.2) is 16.8 Å². The number of hydrogen-bond acceptors (Lipinski definition) is 2. The number of rotatable bonds is 4. The van der Waals surface area contributed by atoms with Crippen LogP contribution < -0.4 is 4.74 Å². The lowest BCUT2D eigenvalue weighted by molar-refractivity contribution is -0.274. The summed E-state index contributed by atoms with van der Waals surface area (Å²) in [4.78, 5) is 12.8. The molecule has 0 radical (unpaired) electrons. The largest absolute Gasteiger partial charge is 0.573 e. The third-order valence-corrected chi connectivity index (χ3v) is 4.00. The first-order valence-corrected chi connectivity index (χ1v) is 8.16. The summed E-state index contributed by atoms with van der Waals surface area (Å²) in [5.41, 5.74) is 2.25. The van der Waals surface area contributed by atoms with Gasteiger partial charge in [0, 0.05) is 11.9 Å². The minimum atomic E-state index is -4.87. The number of carbonyl (C=O) groups is 1. The van der Waals surface area contributed by atoms with Crippen molar-refractivity contribution in [1.29, 1.82) is 0 Å². The minimum Gasteiger partial charge on any atom is -0.405 e. The SMILES string of the molecule is Cc1c(/C=C/c2ccccc2)ccn1C(=O)c1ccccc1OC(F)(F)F. The fraction of sp³-hybridized carbons (Fsp3) is 0.0952. The number of halogens is 3. The quantitative estimate of drug-likeness (QED) is 0.602. The Morgan fingerprint density at radius 1 is 0.963 bits per heavy atom. The molecule has 0 amide bonds. The highest BCUT2D eigenvalue weighted by molar-refractivity contribution is 5.99. The molecule has 1 aromatic heterocycles. The Hall–Kier alpha value is -3.28. The van der Waals surface area contributed by atoms with Crippen molar-refractivity contribution in [2.45, 2.75) is 13.3 Å². The van der Waals surface area contributed by atoms with Crippen LogP contribution in [0.4, 0.5) is 13.2 Å². The zero-order chi connectivity index (χ0) is 19.4. The molecule has 0 fully saturated rings. The average Bonchev–Trinajstić information content (AvgIpc) is 3.00. The minimum absolute atomic E-state index is 0.160. The van der Waals surface area contributed by atoms with Gasteiger partial charge in [0.1, 0.15) is 5.75 Å². The second-order valence-corrected chi connectivity index (χ2v) is 5.82. The Bertz CT molecular complexity index is 973. The van der Waals surface area contributed by atoms with E-state index in [2.05, 4.69) is 4.74 Å². The summed E-state index contributed by atoms with van der Waals surface area (Å²) in [7, 11) is 0. The van der Waals surface area contributed by atoms with Crippen LogP contribution in [0, 0.1) is 6.92 Å². The van der Waals surface area contributed by atoms with E-state index in [1.54, 1.807) is 13.0 Å². The van der Waals surface area contributed by atoms with E-state index in [1.807, 2.05) is 42.5 Å². The van der Waals surface area contributed by atoms with Gasteiger partial charge in [-0.05, 0) is 36.2 Å². The number of nitrogens with zero attached hydrogens (tertiary/aromatic N) is 1. The predicted molar refractivity (Wildman–Crippen MR) is 97.4 cm³/mol. The summed E-state index contributed by atoms with van der Waals surface area (Å²) in [6, 6.07) is 16.7. The van der Waals surface area contributed by atoms with Crippen molar-refractivity contribution in [2.75, 3.05) is 0 Å². The molecule has 27 heavy (non-hydrogen) atoms. The fourth-order valence-corrected chi connectivity index (χ4v) is 2.66. The van der Waals surface area contributed by atoms with E-state index >= 15 is 0 Å². The molecule has 3 nitrogen and oxygen atoms in total. The van der Waals surface area contributed by atoms with Gasteiger partial charge in [0.05, 0.1) is 5.56 Å². The number of hydrogen-bond donors (Lipinski definition) is 0. The lowest BCUT2D eigenvalue weighted by atomic mass is 10.1. The van der Waals surface area contributed by atoms with Crippen LogP contribution in [0.2, 0.25) is 0 Å². The van der Waals surface area contributed by atoms with Gasteiger partial charge in [-0.25, -0.2) is 0 Å². The molecule has 0 spiro atoms. The molecule has 6 heteroatoms. The molecule has 2 aromatic carbocycles. The van der Waals surface area contributed by atoms with Crippen molar-refractivity contribution in [2.24, 2.45) is 0 Å². The van der Waals surface area contributed by atoms with Gasteiger partial charge in [0.25, 0.3) is 5.91 Å². The molecule has 138 valence electrons. The highest BCUT2D eigenvalue weighted by atomic mass is 19.4. The second-order valence-electron chi connectivity index (χ2n) is 5.82. The maximum absolute atomic E-state index is 12.8. The van der Waals surface area contributed by atoms with Gasteiger partial charge >= 0.3 is 6.36 Å². The molecule has 0 bridgehead atoms. The first kappa shape index (κ1) is 18.5. The maximum atomic E-state index is 12.8. The lowest BCUT2D eigenvalue weighted by Gasteiger charge is -2.13. The average molecular weight is 371 g/mol. The molecular weight excluding hydrogens is 355 g/mol. The van der Waals surface area contributed by atoms with Crippen molar-refractivity contribution in [3.63, 3.8) is 0 Å². The molecule has 0 atom stereocenters. The lowest BCUT2D eigenvalue weighted by Crippen LogP contribution is -2.21. The third-order valence-electron chi connectivity index (χ3n) is 4.00. The Balaban J connectivity index is 1.89. The number of alkyl halides is 3. The normalized spacial score (nSPS) is 11.7. The van der Waals surface area contributed by atoms with E-state index in [0.29, 0.717) is 5.69 Å². The molecule has 0 aliphatic rings. The van der Waals surface area contributed by atoms with Gasteiger partial charge in [-0.3, -0.25) is 9.36 Å². The Kier molecular flexibility index (Phi) is 5.16. The maximum Gasteiger partial charge on any atom is 0.573 e. The van der Waals surface area contributed by atoms with Gasteiger partial charge in [0.2, 0.25) is 0 Å². The van der Waals surface area contributed by atoms with E-state index in [1.165, 1.54) is 29.0 Å². The summed E-state index contributed by atoms with van der Waals surface area (Å²) in [6.07, 6.45) is 0.419. The van der Waals surface area contributed by atoms with Crippen LogP contribution in [0.1, 0.15) is 27.2 Å². The number of carbonyl (C=O) groups excluding carboxylic acids is 1. The van der Waals surface area contributed by atoms with Gasteiger partial charge in [-0.15, -0.1) is 13.2 Å². The van der Waals surface area contributed by atoms with Crippen LogP contribution in [0.3, 0.4) is 0 Å². The molecule has 0 saturated heterocycles. The Morgan fingerprint density at radius 2 is 1.63 bits per heavy atom. The van der Waals surface area contributed by atoms with E-state index in [0.717, 1.165) is 17.2 Å². The summed E-state index contributed by atoms with van der Waals surface area (Å²) < 4.78 is 43.0. The zero-order valence-electron chi connectivity index (χ0n) is 14.4. The number of para-hydroxylation sites is 1. The highest BCUT2D eigenvalue weighted by Gasteiger charge is 2.33. The molecular formula is C21H16F3NO2. The van der Waals surface area contributed by atoms with Crippen molar-refractivity contribution >= 4 is 18.1 Å². The Labute approximate surface area is 154 Å². The van der Waals surface area contributed by atoms with Gasteiger partial charge in [0.15, 0.2) is 0 Å². The Morgan fingerprint density at radius 3 is 2.33 bits per heavy atom. The monoisotopic (exact) mass is 371 g/mol. The third kappa shape index (κ3) is 4.47. The topological polar surface area (TPSA) is 31.2 Å². The molecule has 3 aromatic rings. The van der Waals surface area contributed by atoms with Crippen LogP contribution in [0.25, 0.3) is 12.2 Å². The first-order valence-electron chi connectivity index (χ1n) is 8.16. The van der Waals surface area contributed by atoms with Gasteiger partial charge in [-0.2, -0.15) is 0 Å². The van der Waals surface area contributed by atoms with E-state index < -0.39 is 18.0 Å². The van der Waals surface area contributed by atoms with Crippen molar-refractivity contribution in [1.82, 2.24) is 4.57 Å². The summed E-state index contributed by atoms with van der Waals surface area (Å²) in [6.45, 7) is 1.73. The van der Waals surface area contributed by atoms with E-state index in [4.69, 9.17) is 0 Å². The summed E-state index contributed by atoms with van der Waals surface area (Å²) in [5, 5.41) is 0. The summed E-state index contributed by atoms with van der Waals surface area (Å²) >= 11 is 0. The second kappa shape index (κ2) is 7.53.